The number of carbonyl (C=O) groups excluding carboxylic acids is 1. The van der Waals surface area contributed by atoms with Crippen molar-refractivity contribution < 1.29 is 15.3 Å². The Morgan fingerprint density at radius 3 is 2.50 bits per heavy atom. The smallest absolute Gasteiger partial charge is 0.365 e. The zero-order valence-corrected chi connectivity index (χ0v) is 12.1. The van der Waals surface area contributed by atoms with Crippen LogP contribution in [0, 0.1) is 0 Å². The Balaban J connectivity index is 2.32. The van der Waals surface area contributed by atoms with Gasteiger partial charge >= 0.3 is 5.97 Å². The van der Waals surface area contributed by atoms with Crippen LogP contribution in [-0.2, 0) is 16.1 Å². The normalized spacial score (nSPS) is 13.1. The number of carbonyl (C=O) groups is 1. The second kappa shape index (κ2) is 6.81. The third-order valence-electron chi connectivity index (χ3n) is 2.27. The molecule has 0 saturated heterocycles. The molecule has 0 fully saturated rings. The van der Waals surface area contributed by atoms with Crippen molar-refractivity contribution in [1.29, 1.82) is 0 Å². The number of rotatable bonds is 5. The fraction of sp³-hybridized carbons (Fsp3) is 0.500. The van der Waals surface area contributed by atoms with E-state index in [2.05, 4.69) is 26.5 Å². The lowest BCUT2D eigenvalue weighted by Crippen LogP contribution is -2.66. The molecule has 0 aromatic heterocycles. The second-order valence-electron chi connectivity index (χ2n) is 5.21. The molecule has 18 heavy (non-hydrogen) atoms. The fourth-order valence-electron chi connectivity index (χ4n) is 1.27. The van der Waals surface area contributed by atoms with Gasteiger partial charge in [-0.05, 0) is 5.56 Å². The number of benzene rings is 1. The summed E-state index contributed by atoms with van der Waals surface area (Å²) in [5.74, 6) is 0.465. The number of hydrogen-bond donors (Lipinski definition) is 1. The minimum absolute atomic E-state index is 0.148. The first kappa shape index (κ1) is 15.1. The van der Waals surface area contributed by atoms with E-state index < -0.39 is 0 Å². The van der Waals surface area contributed by atoms with Crippen LogP contribution in [-0.4, -0.2) is 22.5 Å². The zero-order valence-electron chi connectivity index (χ0n) is 11.3. The highest BCUT2D eigenvalue weighted by Gasteiger charge is 2.22. The Morgan fingerprint density at radius 2 is 1.94 bits per heavy atom. The number of ether oxygens (including phenoxy) is 1. The van der Waals surface area contributed by atoms with Crippen LogP contribution in [0.1, 0.15) is 26.3 Å². The van der Waals surface area contributed by atoms with Crippen molar-refractivity contribution in [3.05, 3.63) is 35.9 Å². The van der Waals surface area contributed by atoms with Gasteiger partial charge in [0.2, 0.25) is 0 Å². The van der Waals surface area contributed by atoms with E-state index in [1.54, 1.807) is 11.8 Å². The monoisotopic (exact) mass is 268 g/mol. The quantitative estimate of drug-likeness (QED) is 0.830. The van der Waals surface area contributed by atoms with Gasteiger partial charge in [0.05, 0.1) is 5.75 Å². The van der Waals surface area contributed by atoms with Crippen LogP contribution in [0.5, 0.6) is 0 Å². The third kappa shape index (κ3) is 6.07. The average molecular weight is 268 g/mol. The Kier molecular flexibility index (Phi) is 5.69. The molecule has 1 aromatic rings. The van der Waals surface area contributed by atoms with E-state index in [0.717, 1.165) is 5.56 Å². The largest absolute Gasteiger partial charge is 0.456 e. The van der Waals surface area contributed by atoms with Crippen LogP contribution < -0.4 is 5.73 Å². The molecule has 0 spiro atoms. The van der Waals surface area contributed by atoms with Crippen molar-refractivity contribution in [2.45, 2.75) is 38.2 Å². The lowest BCUT2D eigenvalue weighted by atomic mass is 10.2. The van der Waals surface area contributed by atoms with Crippen LogP contribution in [0.4, 0.5) is 0 Å². The van der Waals surface area contributed by atoms with Crippen molar-refractivity contribution in [2.75, 3.05) is 5.75 Å². The highest BCUT2D eigenvalue weighted by Crippen LogP contribution is 2.23. The SMILES string of the molecule is CC(C)(C)SC[C@H]([NH3+])C(=O)OCc1ccccc1. The lowest BCUT2D eigenvalue weighted by Gasteiger charge is -2.18. The summed E-state index contributed by atoms with van der Waals surface area (Å²) < 4.78 is 5.39. The second-order valence-corrected chi connectivity index (χ2v) is 7.06. The maximum Gasteiger partial charge on any atom is 0.365 e. The van der Waals surface area contributed by atoms with Gasteiger partial charge in [-0.3, -0.25) is 0 Å². The Bertz CT molecular complexity index is 373. The van der Waals surface area contributed by atoms with Gasteiger partial charge in [0.1, 0.15) is 6.61 Å². The van der Waals surface area contributed by atoms with E-state index >= 15 is 0 Å². The number of hydrogen-bond acceptors (Lipinski definition) is 3. The van der Waals surface area contributed by atoms with Crippen molar-refractivity contribution in [3.8, 4) is 0 Å². The van der Waals surface area contributed by atoms with E-state index in [0.29, 0.717) is 12.4 Å². The molecule has 0 saturated carbocycles. The molecule has 0 radical (unpaired) electrons. The first-order chi connectivity index (χ1) is 8.38. The summed E-state index contributed by atoms with van der Waals surface area (Å²) in [6, 6.07) is 9.37. The summed E-state index contributed by atoms with van der Waals surface area (Å²) in [5, 5.41) is 0. The van der Waals surface area contributed by atoms with Crippen molar-refractivity contribution >= 4 is 17.7 Å². The van der Waals surface area contributed by atoms with Crippen LogP contribution in [0.25, 0.3) is 0 Å². The highest BCUT2D eigenvalue weighted by molar-refractivity contribution is 8.00. The number of esters is 1. The van der Waals surface area contributed by atoms with Gasteiger partial charge < -0.3 is 10.5 Å². The third-order valence-corrected chi connectivity index (χ3v) is 3.71. The predicted molar refractivity (Wildman–Crippen MR) is 75.1 cm³/mol. The molecule has 1 atom stereocenters. The molecule has 0 aliphatic heterocycles. The molecule has 0 amide bonds. The van der Waals surface area contributed by atoms with Crippen LogP contribution >= 0.6 is 11.8 Å². The summed E-state index contributed by atoms with van der Waals surface area (Å²) in [6.45, 7) is 6.70. The Labute approximate surface area is 113 Å². The van der Waals surface area contributed by atoms with Gasteiger partial charge in [0, 0.05) is 4.75 Å². The zero-order chi connectivity index (χ0) is 13.6. The van der Waals surface area contributed by atoms with Crippen LogP contribution in [0.15, 0.2) is 30.3 Å². The maximum absolute atomic E-state index is 11.7. The summed E-state index contributed by atoms with van der Waals surface area (Å²) in [7, 11) is 0. The van der Waals surface area contributed by atoms with E-state index in [4.69, 9.17) is 4.74 Å². The van der Waals surface area contributed by atoms with E-state index in [1.807, 2.05) is 30.3 Å². The molecule has 1 rings (SSSR count). The molecule has 3 nitrogen and oxygen atoms in total. The molecule has 1 aromatic carbocycles. The van der Waals surface area contributed by atoms with Gasteiger partial charge in [0.25, 0.3) is 0 Å². The molecule has 0 aliphatic carbocycles. The number of quaternary nitrogens is 1. The molecule has 0 aliphatic rings. The molecule has 4 heteroatoms. The van der Waals surface area contributed by atoms with Crippen molar-refractivity contribution in [1.82, 2.24) is 0 Å². The van der Waals surface area contributed by atoms with Gasteiger partial charge in [-0.25, -0.2) is 4.79 Å². The first-order valence-corrected chi connectivity index (χ1v) is 7.04. The van der Waals surface area contributed by atoms with E-state index in [1.165, 1.54) is 0 Å². The summed E-state index contributed by atoms with van der Waals surface area (Å²) in [6.07, 6.45) is 0. The predicted octanol–water partition coefficient (Wildman–Crippen LogP) is 1.87. The molecule has 0 bridgehead atoms. The molecule has 0 unspecified atom stereocenters. The minimum atomic E-state index is -0.307. The topological polar surface area (TPSA) is 53.9 Å². The summed E-state index contributed by atoms with van der Waals surface area (Å²) in [4.78, 5) is 11.7. The van der Waals surface area contributed by atoms with Gasteiger partial charge in [-0.2, -0.15) is 0 Å². The number of thioether (sulfide) groups is 1. The standard InChI is InChI=1S/C14H21NO2S/c1-14(2,3)18-10-12(15)13(16)17-9-11-7-5-4-6-8-11/h4-8,12H,9-10,15H2,1-3H3/p+1/t12-/m0/s1. The van der Waals surface area contributed by atoms with Gasteiger partial charge in [-0.1, -0.05) is 51.1 Å². The fourth-order valence-corrected chi connectivity index (χ4v) is 2.10. The molecule has 100 valence electrons. The van der Waals surface area contributed by atoms with Crippen LogP contribution in [0.2, 0.25) is 0 Å². The molecular formula is C14H22NO2S+. The maximum atomic E-state index is 11.7. The Morgan fingerprint density at radius 1 is 1.33 bits per heavy atom. The van der Waals surface area contributed by atoms with Gasteiger partial charge in [0.15, 0.2) is 6.04 Å². The van der Waals surface area contributed by atoms with Crippen molar-refractivity contribution in [3.63, 3.8) is 0 Å². The minimum Gasteiger partial charge on any atom is -0.456 e. The average Bonchev–Trinajstić information content (AvgIpc) is 2.33. The first-order valence-electron chi connectivity index (χ1n) is 6.06. The summed E-state index contributed by atoms with van der Waals surface area (Å²) >= 11 is 1.73. The lowest BCUT2D eigenvalue weighted by molar-refractivity contribution is -0.401. The van der Waals surface area contributed by atoms with Crippen LogP contribution in [0.3, 0.4) is 0 Å². The molecule has 3 N–H and O–H groups in total. The molecule has 0 heterocycles. The van der Waals surface area contributed by atoms with Gasteiger partial charge in [-0.15, -0.1) is 11.8 Å². The Hall–Kier alpha value is -1.00. The van der Waals surface area contributed by atoms with E-state index in [9.17, 15) is 4.79 Å². The molecular weight excluding hydrogens is 246 g/mol. The highest BCUT2D eigenvalue weighted by atomic mass is 32.2. The van der Waals surface area contributed by atoms with Crippen molar-refractivity contribution in [2.24, 2.45) is 0 Å². The summed E-state index contributed by atoms with van der Waals surface area (Å²) in [5.41, 5.74) is 4.86. The van der Waals surface area contributed by atoms with E-state index in [-0.39, 0.29) is 16.8 Å².